The van der Waals surface area contributed by atoms with Crippen molar-refractivity contribution in [2.24, 2.45) is 5.73 Å². The molecule has 7 heteroatoms. The van der Waals surface area contributed by atoms with E-state index in [-0.39, 0.29) is 5.78 Å². The molecule has 2 aromatic rings. The summed E-state index contributed by atoms with van der Waals surface area (Å²) in [5, 5.41) is 9.01. The van der Waals surface area contributed by atoms with Crippen LogP contribution in [0.3, 0.4) is 0 Å². The summed E-state index contributed by atoms with van der Waals surface area (Å²) in [7, 11) is 0. The van der Waals surface area contributed by atoms with Gasteiger partial charge < -0.3 is 15.6 Å². The van der Waals surface area contributed by atoms with Crippen molar-refractivity contribution < 1.29 is 30.0 Å². The number of aliphatic carboxylic acids is 1. The highest BCUT2D eigenvalue weighted by Gasteiger charge is 2.41. The number of carboxylic acids is 1. The monoisotopic (exact) mass is 369 g/mol. The first-order valence-electron chi connectivity index (χ1n) is 8.24. The summed E-state index contributed by atoms with van der Waals surface area (Å²) in [6, 6.07) is 15.9. The number of ketones is 1. The van der Waals surface area contributed by atoms with E-state index in [9.17, 15) is 14.4 Å². The average molecular weight is 369 g/mol. The zero-order valence-electron chi connectivity index (χ0n) is 15.1. The first-order valence-corrected chi connectivity index (χ1v) is 8.24. The van der Waals surface area contributed by atoms with Crippen molar-refractivity contribution in [3.8, 4) is 0 Å². The Morgan fingerprint density at radius 1 is 1.22 bits per heavy atom. The first-order chi connectivity index (χ1) is 12.6. The highest BCUT2D eigenvalue weighted by molar-refractivity contribution is 6.09. The lowest BCUT2D eigenvalue weighted by Gasteiger charge is -2.27. The van der Waals surface area contributed by atoms with Gasteiger partial charge in [-0.05, 0) is 26.0 Å². The van der Waals surface area contributed by atoms with Gasteiger partial charge in [0.25, 0.3) is 0 Å². The van der Waals surface area contributed by atoms with E-state index in [0.29, 0.717) is 16.7 Å². The first kappa shape index (κ1) is 20.1. The van der Waals surface area contributed by atoms with Crippen molar-refractivity contribution in [1.82, 2.24) is 0 Å². The molecule has 3 atom stereocenters. The molecule has 0 bridgehead atoms. The molecular weight excluding hydrogens is 348 g/mol. The number of hydrogen-bond acceptors (Lipinski definition) is 5. The van der Waals surface area contributed by atoms with Crippen molar-refractivity contribution in [3.05, 3.63) is 71.3 Å². The third kappa shape index (κ3) is 4.70. The molecule has 0 saturated heterocycles. The standard InChI is InChI=1S/C20H20N2O5/c1-12(19(26)27-20(2,22)17(21)18(24)25)14-9-6-10-15(11-14)16(23)13-7-4-3-5-8-13/h3-5,7-8,10-12,17H,21-22H2,1-2H3,(H,24,25)/p+1/t12-,17?,20+/m0/s1. The number of carbonyl (C=O) groups excluding carboxylic acids is 2. The van der Waals surface area contributed by atoms with Gasteiger partial charge in [-0.1, -0.05) is 42.5 Å². The summed E-state index contributed by atoms with van der Waals surface area (Å²) < 4.78 is 5.14. The zero-order valence-corrected chi connectivity index (χ0v) is 15.1. The van der Waals surface area contributed by atoms with Crippen molar-refractivity contribution in [1.29, 1.82) is 0 Å². The van der Waals surface area contributed by atoms with Crippen LogP contribution in [0.2, 0.25) is 0 Å². The molecule has 2 aromatic carbocycles. The van der Waals surface area contributed by atoms with Gasteiger partial charge in [0.15, 0.2) is 5.78 Å². The van der Waals surface area contributed by atoms with E-state index in [1.54, 1.807) is 31.2 Å². The molecule has 140 valence electrons. The Morgan fingerprint density at radius 3 is 2.44 bits per heavy atom. The number of benzene rings is 1. The molecule has 7 nitrogen and oxygen atoms in total. The molecule has 0 saturated carbocycles. The number of esters is 1. The summed E-state index contributed by atoms with van der Waals surface area (Å²) in [5.74, 6) is -3.07. The largest absolute Gasteiger partial charge is 0.477 e. The van der Waals surface area contributed by atoms with Gasteiger partial charge in [-0.3, -0.25) is 15.3 Å². The van der Waals surface area contributed by atoms with Crippen molar-refractivity contribution in [3.63, 3.8) is 0 Å². The second-order valence-electron chi connectivity index (χ2n) is 6.38. The quantitative estimate of drug-likeness (QED) is 0.370. The summed E-state index contributed by atoms with van der Waals surface area (Å²) >= 11 is 0. The maximum absolute atomic E-state index is 12.5. The fraction of sp³-hybridized carbons (Fsp3) is 0.250. The van der Waals surface area contributed by atoms with Crippen LogP contribution in [0.25, 0.3) is 0 Å². The minimum absolute atomic E-state index is 0.213. The van der Waals surface area contributed by atoms with Crippen molar-refractivity contribution >= 4 is 17.7 Å². The number of carbonyl (C=O) groups is 3. The minimum atomic E-state index is -1.78. The molecular formula is C20H21N2O5+. The average Bonchev–Trinajstić information content (AvgIpc) is 2.66. The smallest absolute Gasteiger partial charge is 0.368 e. The van der Waals surface area contributed by atoms with Gasteiger partial charge in [0.2, 0.25) is 11.8 Å². The lowest BCUT2D eigenvalue weighted by atomic mass is 9.97. The van der Waals surface area contributed by atoms with Gasteiger partial charge in [0.1, 0.15) is 0 Å². The minimum Gasteiger partial charge on any atom is -0.477 e. The molecule has 0 amide bonds. The number of quaternary nitrogens is 1. The molecule has 0 radical (unpaired) electrons. The number of hydrogen-bond donors (Lipinski definition) is 3. The number of rotatable bonds is 7. The third-order valence-electron chi connectivity index (χ3n) is 4.18. The maximum Gasteiger partial charge on any atom is 0.368 e. The Balaban J connectivity index is 2.19. The van der Waals surface area contributed by atoms with Crippen LogP contribution in [0.4, 0.5) is 0 Å². The van der Waals surface area contributed by atoms with Gasteiger partial charge in [0, 0.05) is 16.7 Å². The van der Waals surface area contributed by atoms with Crippen LogP contribution < -0.4 is 11.5 Å². The summed E-state index contributed by atoms with van der Waals surface area (Å²) in [6.07, 6.45) is 0. The predicted molar refractivity (Wildman–Crippen MR) is 95.4 cm³/mol. The lowest BCUT2D eigenvalue weighted by molar-refractivity contribution is -0.438. The highest BCUT2D eigenvalue weighted by atomic mass is 16.6. The molecule has 0 aromatic heterocycles. The fourth-order valence-electron chi connectivity index (χ4n) is 2.31. The number of carboxylic acid groups (broad SMARTS) is 1. The van der Waals surface area contributed by atoms with Crippen LogP contribution in [0.5, 0.6) is 0 Å². The topological polar surface area (TPSA) is 134 Å². The Kier molecular flexibility index (Phi) is 5.95. The molecule has 2 rings (SSSR count). The van der Waals surface area contributed by atoms with Crippen molar-refractivity contribution in [2.75, 3.05) is 0 Å². The molecule has 6 N–H and O–H groups in total. The highest BCUT2D eigenvalue weighted by Crippen LogP contribution is 2.20. The second kappa shape index (κ2) is 7.99. The fourth-order valence-corrected chi connectivity index (χ4v) is 2.31. The van der Waals surface area contributed by atoms with Crippen LogP contribution in [0, 0.1) is 12.1 Å². The van der Waals surface area contributed by atoms with Crippen LogP contribution in [-0.4, -0.2) is 34.6 Å². The van der Waals surface area contributed by atoms with E-state index in [4.69, 9.17) is 15.6 Å². The molecule has 0 aliphatic rings. The normalized spacial score (nSPS) is 15.0. The van der Waals surface area contributed by atoms with E-state index < -0.39 is 29.6 Å². The molecule has 0 aliphatic carbocycles. The van der Waals surface area contributed by atoms with E-state index >= 15 is 0 Å². The Bertz CT molecular complexity index is 848. The lowest BCUT2D eigenvalue weighted by Crippen LogP contribution is -2.78. The van der Waals surface area contributed by atoms with E-state index in [2.05, 4.69) is 17.9 Å². The Labute approximate surface area is 156 Å². The maximum atomic E-state index is 12.5. The molecule has 0 aliphatic heterocycles. The molecule has 27 heavy (non-hydrogen) atoms. The van der Waals surface area contributed by atoms with Gasteiger partial charge >= 0.3 is 11.9 Å². The molecule has 0 fully saturated rings. The Morgan fingerprint density at radius 2 is 1.85 bits per heavy atom. The third-order valence-corrected chi connectivity index (χ3v) is 4.18. The van der Waals surface area contributed by atoms with Crippen LogP contribution in [0.15, 0.2) is 42.5 Å². The van der Waals surface area contributed by atoms with Crippen LogP contribution >= 0.6 is 0 Å². The van der Waals surface area contributed by atoms with Gasteiger partial charge in [-0.2, -0.15) is 0 Å². The number of ether oxygens (including phenoxy) is 1. The summed E-state index contributed by atoms with van der Waals surface area (Å²) in [5.41, 5.74) is 8.64. The van der Waals surface area contributed by atoms with E-state index in [1.165, 1.54) is 19.1 Å². The number of nitrogens with two attached hydrogens (primary N) is 1. The summed E-state index contributed by atoms with van der Waals surface area (Å²) in [6.45, 7) is 2.82. The summed E-state index contributed by atoms with van der Waals surface area (Å²) in [4.78, 5) is 36.0. The van der Waals surface area contributed by atoms with E-state index in [1.807, 2.05) is 6.07 Å². The van der Waals surface area contributed by atoms with Gasteiger partial charge in [0.05, 0.1) is 5.92 Å². The molecule has 1 unspecified atom stereocenters. The second-order valence-corrected chi connectivity index (χ2v) is 6.38. The van der Waals surface area contributed by atoms with E-state index in [0.717, 1.165) is 0 Å². The molecule has 0 spiro atoms. The van der Waals surface area contributed by atoms with Crippen LogP contribution in [-0.2, 0) is 14.3 Å². The zero-order chi connectivity index (χ0) is 20.2. The Hall–Kier alpha value is -3.21. The molecule has 0 heterocycles. The predicted octanol–water partition coefficient (Wildman–Crippen LogP) is 0.535. The van der Waals surface area contributed by atoms with Crippen molar-refractivity contribution in [2.45, 2.75) is 31.5 Å². The van der Waals surface area contributed by atoms with Crippen LogP contribution in [0.1, 0.15) is 41.3 Å². The SMILES string of the molecule is C[C@H](C(=O)O[C@@](C)(N)C([NH3+])C(=O)O)c1c#ccc(C(=O)c2ccccc2)c1. The van der Waals surface area contributed by atoms with Gasteiger partial charge in [-0.25, -0.2) is 4.79 Å². The van der Waals surface area contributed by atoms with Gasteiger partial charge in [-0.15, -0.1) is 0 Å².